The van der Waals surface area contributed by atoms with Crippen LogP contribution in [0, 0.1) is 0 Å². The lowest BCUT2D eigenvalue weighted by molar-refractivity contribution is -0.697. The van der Waals surface area contributed by atoms with Gasteiger partial charge in [-0.3, -0.25) is 0 Å². The van der Waals surface area contributed by atoms with Crippen molar-refractivity contribution in [3.63, 3.8) is 0 Å². The van der Waals surface area contributed by atoms with Gasteiger partial charge in [-0.15, -0.1) is 0 Å². The van der Waals surface area contributed by atoms with E-state index in [1.807, 2.05) is 0 Å². The highest BCUT2D eigenvalue weighted by Crippen LogP contribution is 2.19. The molecule has 220 valence electrons. The minimum atomic E-state index is -0.000350. The normalized spacial score (nSPS) is 17.4. The lowest BCUT2D eigenvalue weighted by Gasteiger charge is -2.12. The zero-order chi connectivity index (χ0) is 26.8. The summed E-state index contributed by atoms with van der Waals surface area (Å²) in [4.78, 5) is 0. The number of nitrogens with zero attached hydrogens (tertiary/aromatic N) is 1. The van der Waals surface area contributed by atoms with Crippen molar-refractivity contribution in [3.8, 4) is 0 Å². The maximum absolute atomic E-state index is 6.04. The number of rotatable bonds is 27. The molecular formula is C34H62NO3+. The van der Waals surface area contributed by atoms with E-state index in [9.17, 15) is 0 Å². The number of unbranched alkanes of at least 4 members (excludes halogenated alkanes) is 19. The Balaban J connectivity index is 1.25. The Morgan fingerprint density at radius 3 is 1.76 bits per heavy atom. The first-order valence-electron chi connectivity index (χ1n) is 16.7. The fourth-order valence-corrected chi connectivity index (χ4v) is 5.43. The van der Waals surface area contributed by atoms with Crippen molar-refractivity contribution < 1.29 is 18.8 Å². The van der Waals surface area contributed by atoms with Gasteiger partial charge in [-0.05, 0) is 25.7 Å². The molecule has 38 heavy (non-hydrogen) atoms. The van der Waals surface area contributed by atoms with Gasteiger partial charge in [0.05, 0.1) is 13.2 Å². The van der Waals surface area contributed by atoms with Crippen molar-refractivity contribution in [2.24, 2.45) is 0 Å². The highest BCUT2D eigenvalue weighted by Gasteiger charge is 2.25. The molecule has 2 heterocycles. The van der Waals surface area contributed by atoms with Crippen LogP contribution in [0.3, 0.4) is 0 Å². The zero-order valence-electron chi connectivity index (χ0n) is 25.1. The van der Waals surface area contributed by atoms with Gasteiger partial charge in [0.1, 0.15) is 12.6 Å². The van der Waals surface area contributed by atoms with Crippen molar-refractivity contribution in [2.75, 3.05) is 19.8 Å². The average molecular weight is 533 g/mol. The third-order valence-corrected chi connectivity index (χ3v) is 7.89. The number of ether oxygens (including phenoxy) is 3. The van der Waals surface area contributed by atoms with Gasteiger partial charge in [0.2, 0.25) is 0 Å². The SMILES string of the molecule is CCCCCCCCCCCCCCCCCC1OCC(COCCCCCCCC[n+]2ccccc2)O1. The van der Waals surface area contributed by atoms with Gasteiger partial charge in [-0.25, -0.2) is 4.57 Å². The molecule has 1 saturated heterocycles. The third kappa shape index (κ3) is 19.1. The van der Waals surface area contributed by atoms with Crippen LogP contribution in [0.2, 0.25) is 0 Å². The minimum absolute atomic E-state index is 0.000350. The molecule has 1 fully saturated rings. The van der Waals surface area contributed by atoms with Crippen molar-refractivity contribution in [2.45, 2.75) is 167 Å². The molecule has 0 N–H and O–H groups in total. The summed E-state index contributed by atoms with van der Waals surface area (Å²) in [7, 11) is 0. The van der Waals surface area contributed by atoms with E-state index >= 15 is 0 Å². The fraction of sp³-hybridized carbons (Fsp3) is 0.853. The molecule has 2 unspecified atom stereocenters. The van der Waals surface area contributed by atoms with E-state index in [1.54, 1.807) is 0 Å². The number of pyridine rings is 1. The molecule has 1 aromatic heterocycles. The largest absolute Gasteiger partial charge is 0.379 e. The predicted molar refractivity (Wildman–Crippen MR) is 159 cm³/mol. The van der Waals surface area contributed by atoms with E-state index in [4.69, 9.17) is 14.2 Å². The van der Waals surface area contributed by atoms with Gasteiger partial charge in [0.15, 0.2) is 18.7 Å². The van der Waals surface area contributed by atoms with E-state index in [0.29, 0.717) is 13.2 Å². The van der Waals surface area contributed by atoms with Crippen molar-refractivity contribution in [1.29, 1.82) is 0 Å². The predicted octanol–water partition coefficient (Wildman–Crippen LogP) is 9.33. The van der Waals surface area contributed by atoms with E-state index < -0.39 is 0 Å². The quantitative estimate of drug-likeness (QED) is 0.0835. The topological polar surface area (TPSA) is 31.6 Å². The summed E-state index contributed by atoms with van der Waals surface area (Å²) in [6, 6.07) is 6.28. The third-order valence-electron chi connectivity index (χ3n) is 7.89. The molecule has 1 aliphatic rings. The molecule has 2 atom stereocenters. The van der Waals surface area contributed by atoms with Gasteiger partial charge < -0.3 is 14.2 Å². The molecule has 0 bridgehead atoms. The summed E-state index contributed by atoms with van der Waals surface area (Å²) in [5.74, 6) is 0. The Morgan fingerprint density at radius 1 is 0.632 bits per heavy atom. The molecule has 4 nitrogen and oxygen atoms in total. The van der Waals surface area contributed by atoms with Crippen LogP contribution in [0.25, 0.3) is 0 Å². The Labute approximate surface area is 236 Å². The molecule has 0 amide bonds. The highest BCUT2D eigenvalue weighted by molar-refractivity contribution is 4.83. The average Bonchev–Trinajstić information content (AvgIpc) is 3.40. The van der Waals surface area contributed by atoms with Crippen molar-refractivity contribution in [1.82, 2.24) is 0 Å². The number of aromatic nitrogens is 1. The van der Waals surface area contributed by atoms with Gasteiger partial charge >= 0.3 is 0 Å². The smallest absolute Gasteiger partial charge is 0.168 e. The van der Waals surface area contributed by atoms with Crippen molar-refractivity contribution in [3.05, 3.63) is 30.6 Å². The Bertz CT molecular complexity index is 611. The maximum Gasteiger partial charge on any atom is 0.168 e. The van der Waals surface area contributed by atoms with Crippen LogP contribution in [0.1, 0.15) is 148 Å². The molecule has 1 aliphatic heterocycles. The second-order valence-corrected chi connectivity index (χ2v) is 11.6. The Morgan fingerprint density at radius 2 is 1.16 bits per heavy atom. The van der Waals surface area contributed by atoms with Crippen LogP contribution >= 0.6 is 0 Å². The van der Waals surface area contributed by atoms with Gasteiger partial charge in [-0.2, -0.15) is 0 Å². The van der Waals surface area contributed by atoms with Crippen LogP contribution in [-0.4, -0.2) is 32.2 Å². The minimum Gasteiger partial charge on any atom is -0.379 e. The second-order valence-electron chi connectivity index (χ2n) is 11.6. The molecule has 1 aromatic rings. The highest BCUT2D eigenvalue weighted by atomic mass is 16.7. The molecule has 0 aliphatic carbocycles. The molecule has 2 rings (SSSR count). The van der Waals surface area contributed by atoms with Crippen LogP contribution in [-0.2, 0) is 20.8 Å². The lowest BCUT2D eigenvalue weighted by Crippen LogP contribution is -2.32. The summed E-state index contributed by atoms with van der Waals surface area (Å²) in [5.41, 5.74) is 0. The van der Waals surface area contributed by atoms with Crippen LogP contribution in [0.15, 0.2) is 30.6 Å². The summed E-state index contributed by atoms with van der Waals surface area (Å²) in [6.45, 7) is 5.66. The van der Waals surface area contributed by atoms with Crippen LogP contribution in [0.4, 0.5) is 0 Å². The van der Waals surface area contributed by atoms with Gasteiger partial charge in [0, 0.05) is 25.2 Å². The molecule has 4 heteroatoms. The molecule has 0 saturated carbocycles. The zero-order valence-corrected chi connectivity index (χ0v) is 25.1. The summed E-state index contributed by atoms with van der Waals surface area (Å²) in [5, 5.41) is 0. The number of aryl methyl sites for hydroxylation is 1. The van der Waals surface area contributed by atoms with Gasteiger partial charge in [-0.1, -0.05) is 122 Å². The first-order valence-corrected chi connectivity index (χ1v) is 16.7. The first-order chi connectivity index (χ1) is 18.9. The molecule has 0 radical (unpaired) electrons. The monoisotopic (exact) mass is 532 g/mol. The molecular weight excluding hydrogens is 470 g/mol. The van der Waals surface area contributed by atoms with Crippen LogP contribution in [0.5, 0.6) is 0 Å². The van der Waals surface area contributed by atoms with E-state index in [2.05, 4.69) is 42.1 Å². The summed E-state index contributed by atoms with van der Waals surface area (Å²) in [6.07, 6.45) is 34.2. The second kappa shape index (κ2) is 25.0. The summed E-state index contributed by atoms with van der Waals surface area (Å²) < 4.78 is 20.0. The number of hydrogen-bond donors (Lipinski definition) is 0. The lowest BCUT2D eigenvalue weighted by atomic mass is 10.0. The Kier molecular flexibility index (Phi) is 21.9. The first kappa shape index (κ1) is 33.2. The summed E-state index contributed by atoms with van der Waals surface area (Å²) >= 11 is 0. The van der Waals surface area contributed by atoms with E-state index in [1.165, 1.54) is 128 Å². The molecule has 0 spiro atoms. The fourth-order valence-electron chi connectivity index (χ4n) is 5.43. The standard InChI is InChI=1S/C34H62NO3/c1-2-3-4-5-6-7-8-9-10-11-12-13-14-17-21-26-34-37-32-33(38-34)31-36-30-25-19-16-15-18-22-27-35-28-23-20-24-29-35/h20,23-24,28-29,33-34H,2-19,21-22,25-27,30-32H2,1H3/q+1. The van der Waals surface area contributed by atoms with Crippen molar-refractivity contribution >= 4 is 0 Å². The van der Waals surface area contributed by atoms with E-state index in [0.717, 1.165) is 26.0 Å². The Hall–Kier alpha value is -0.970. The maximum atomic E-state index is 6.04. The van der Waals surface area contributed by atoms with Gasteiger partial charge in [0.25, 0.3) is 0 Å². The number of hydrogen-bond acceptors (Lipinski definition) is 3. The van der Waals surface area contributed by atoms with Crippen LogP contribution < -0.4 is 4.57 Å². The molecule has 0 aromatic carbocycles. The van der Waals surface area contributed by atoms with E-state index in [-0.39, 0.29) is 12.4 Å².